The molecule has 0 saturated heterocycles. The maximum Gasteiger partial charge on any atom is 0.251 e. The third-order valence-corrected chi connectivity index (χ3v) is 4.38. The fourth-order valence-electron chi connectivity index (χ4n) is 1.94. The summed E-state index contributed by atoms with van der Waals surface area (Å²) in [6.45, 7) is 0.390. The number of benzene rings is 2. The smallest absolute Gasteiger partial charge is 0.251 e. The van der Waals surface area contributed by atoms with Gasteiger partial charge in [-0.05, 0) is 30.3 Å². The van der Waals surface area contributed by atoms with Crippen LogP contribution in [0.25, 0.3) is 10.2 Å². The van der Waals surface area contributed by atoms with Crippen LogP contribution in [0.5, 0.6) is 0 Å². The van der Waals surface area contributed by atoms with Crippen molar-refractivity contribution in [2.24, 2.45) is 0 Å². The van der Waals surface area contributed by atoms with Crippen molar-refractivity contribution in [2.45, 2.75) is 6.54 Å². The maximum atomic E-state index is 12.1. The predicted molar refractivity (Wildman–Crippen MR) is 86.7 cm³/mol. The summed E-state index contributed by atoms with van der Waals surface area (Å²) in [5.41, 5.74) is 7.52. The van der Waals surface area contributed by atoms with Gasteiger partial charge in [0.1, 0.15) is 5.01 Å². The average Bonchev–Trinajstić information content (AvgIpc) is 2.90. The van der Waals surface area contributed by atoms with Crippen molar-refractivity contribution >= 4 is 44.7 Å². The molecule has 0 spiro atoms. The topological polar surface area (TPSA) is 68.0 Å². The zero-order valence-electron chi connectivity index (χ0n) is 11.0. The second-order valence-electron chi connectivity index (χ2n) is 4.49. The Labute approximate surface area is 130 Å². The van der Waals surface area contributed by atoms with Crippen LogP contribution in [0, 0.1) is 0 Å². The van der Waals surface area contributed by atoms with Crippen LogP contribution >= 0.6 is 22.9 Å². The highest BCUT2D eigenvalue weighted by atomic mass is 35.5. The molecule has 3 rings (SSSR count). The Bertz CT molecular complexity index is 783. The molecule has 1 amide bonds. The van der Waals surface area contributed by atoms with Crippen LogP contribution in [-0.4, -0.2) is 10.9 Å². The minimum Gasteiger partial charge on any atom is -0.398 e. The molecule has 4 nitrogen and oxygen atoms in total. The van der Waals surface area contributed by atoms with Gasteiger partial charge >= 0.3 is 0 Å². The molecular formula is C15H12ClN3OS. The number of carbonyl (C=O) groups is 1. The molecule has 0 aliphatic heterocycles. The molecule has 0 atom stereocenters. The molecular weight excluding hydrogens is 306 g/mol. The highest BCUT2D eigenvalue weighted by molar-refractivity contribution is 7.18. The molecule has 0 aliphatic rings. The number of aromatic nitrogens is 1. The molecule has 0 unspecified atom stereocenters. The molecule has 0 bridgehead atoms. The van der Waals surface area contributed by atoms with Crippen molar-refractivity contribution in [3.05, 3.63) is 58.1 Å². The van der Waals surface area contributed by atoms with E-state index >= 15 is 0 Å². The Hall–Kier alpha value is -2.11. The summed E-state index contributed by atoms with van der Waals surface area (Å²) in [7, 11) is 0. The number of nitrogens with zero attached hydrogens (tertiary/aromatic N) is 1. The molecule has 6 heteroatoms. The molecule has 3 N–H and O–H groups in total. The van der Waals surface area contributed by atoms with Gasteiger partial charge in [-0.3, -0.25) is 4.79 Å². The number of fused-ring (bicyclic) bond motifs is 1. The third kappa shape index (κ3) is 2.99. The van der Waals surface area contributed by atoms with Crippen LogP contribution in [0.4, 0.5) is 5.69 Å². The molecule has 3 aromatic rings. The van der Waals surface area contributed by atoms with Crippen LogP contribution in [0.3, 0.4) is 0 Å². The Kier molecular flexibility index (Phi) is 3.77. The average molecular weight is 318 g/mol. The highest BCUT2D eigenvalue weighted by Crippen LogP contribution is 2.22. The van der Waals surface area contributed by atoms with Crippen LogP contribution in [0.2, 0.25) is 5.02 Å². The molecule has 21 heavy (non-hydrogen) atoms. The van der Waals surface area contributed by atoms with Gasteiger partial charge in [-0.1, -0.05) is 23.7 Å². The Balaban J connectivity index is 1.71. The third-order valence-electron chi connectivity index (χ3n) is 3.00. The summed E-state index contributed by atoms with van der Waals surface area (Å²) in [5.74, 6) is -0.197. The summed E-state index contributed by atoms with van der Waals surface area (Å²) in [6.07, 6.45) is 0. The lowest BCUT2D eigenvalue weighted by atomic mass is 10.2. The van der Waals surface area contributed by atoms with Gasteiger partial charge in [0.2, 0.25) is 0 Å². The number of thiazole rings is 1. The first kappa shape index (κ1) is 13.9. The monoisotopic (exact) mass is 317 g/mol. The van der Waals surface area contributed by atoms with Gasteiger partial charge in [-0.25, -0.2) is 4.98 Å². The van der Waals surface area contributed by atoms with Gasteiger partial charge < -0.3 is 11.1 Å². The molecule has 106 valence electrons. The van der Waals surface area contributed by atoms with Crippen molar-refractivity contribution in [3.8, 4) is 0 Å². The number of amides is 1. The Morgan fingerprint density at radius 2 is 2.10 bits per heavy atom. The fourth-order valence-corrected chi connectivity index (χ4v) is 2.96. The number of nitrogens with one attached hydrogen (secondary N) is 1. The van der Waals surface area contributed by atoms with Gasteiger partial charge in [0.15, 0.2) is 0 Å². The fraction of sp³-hybridized carbons (Fsp3) is 0.0667. The summed E-state index contributed by atoms with van der Waals surface area (Å²) in [4.78, 5) is 16.5. The van der Waals surface area contributed by atoms with E-state index in [9.17, 15) is 4.79 Å². The normalized spacial score (nSPS) is 10.7. The number of hydrogen-bond donors (Lipinski definition) is 2. The van der Waals surface area contributed by atoms with E-state index in [1.165, 1.54) is 0 Å². The SMILES string of the molecule is Nc1cc(C(=O)NCc2nc3ccccc3s2)ccc1Cl. The standard InChI is InChI=1S/C15H12ClN3OS/c16-10-6-5-9(7-11(10)17)15(20)18-8-14-19-12-3-1-2-4-13(12)21-14/h1-7H,8,17H2,(H,18,20). The first-order valence-electron chi connectivity index (χ1n) is 6.31. The van der Waals surface area contributed by atoms with Crippen LogP contribution in [0.15, 0.2) is 42.5 Å². The lowest BCUT2D eigenvalue weighted by Crippen LogP contribution is -2.22. The van der Waals surface area contributed by atoms with Crippen molar-refractivity contribution in [2.75, 3.05) is 5.73 Å². The van der Waals surface area contributed by atoms with Crippen molar-refractivity contribution in [3.63, 3.8) is 0 Å². The molecule has 1 aromatic heterocycles. The number of anilines is 1. The lowest BCUT2D eigenvalue weighted by molar-refractivity contribution is 0.0951. The van der Waals surface area contributed by atoms with Gasteiger partial charge in [0, 0.05) is 5.56 Å². The van der Waals surface area contributed by atoms with E-state index in [4.69, 9.17) is 17.3 Å². The molecule has 0 fully saturated rings. The number of rotatable bonds is 3. The molecule has 0 saturated carbocycles. The van der Waals surface area contributed by atoms with E-state index in [2.05, 4.69) is 10.3 Å². The molecule has 2 aromatic carbocycles. The number of para-hydroxylation sites is 1. The number of halogens is 1. The van der Waals surface area contributed by atoms with E-state index in [0.717, 1.165) is 15.2 Å². The Morgan fingerprint density at radius 1 is 1.29 bits per heavy atom. The van der Waals surface area contributed by atoms with Crippen LogP contribution in [-0.2, 0) is 6.54 Å². The predicted octanol–water partition coefficient (Wildman–Crippen LogP) is 3.46. The zero-order valence-corrected chi connectivity index (χ0v) is 12.5. The van der Waals surface area contributed by atoms with E-state index in [1.807, 2.05) is 24.3 Å². The minimum absolute atomic E-state index is 0.197. The minimum atomic E-state index is -0.197. The molecule has 0 radical (unpaired) electrons. The number of carbonyl (C=O) groups excluding carboxylic acids is 1. The summed E-state index contributed by atoms with van der Waals surface area (Å²) >= 11 is 7.41. The highest BCUT2D eigenvalue weighted by Gasteiger charge is 2.09. The first-order chi connectivity index (χ1) is 10.1. The molecule has 0 aliphatic carbocycles. The van der Waals surface area contributed by atoms with E-state index in [-0.39, 0.29) is 5.91 Å². The van der Waals surface area contributed by atoms with Gasteiger partial charge in [0.05, 0.1) is 27.5 Å². The maximum absolute atomic E-state index is 12.1. The largest absolute Gasteiger partial charge is 0.398 e. The quantitative estimate of drug-likeness (QED) is 0.727. The van der Waals surface area contributed by atoms with Crippen molar-refractivity contribution in [1.29, 1.82) is 0 Å². The van der Waals surface area contributed by atoms with Gasteiger partial charge in [-0.15, -0.1) is 11.3 Å². The van der Waals surface area contributed by atoms with Crippen LogP contribution < -0.4 is 11.1 Å². The number of nitrogens with two attached hydrogens (primary N) is 1. The second-order valence-corrected chi connectivity index (χ2v) is 6.02. The Morgan fingerprint density at radius 3 is 2.86 bits per heavy atom. The van der Waals surface area contributed by atoms with Gasteiger partial charge in [0.25, 0.3) is 5.91 Å². The summed E-state index contributed by atoms with van der Waals surface area (Å²) < 4.78 is 1.11. The number of hydrogen-bond acceptors (Lipinski definition) is 4. The van der Waals surface area contributed by atoms with E-state index in [1.54, 1.807) is 29.5 Å². The summed E-state index contributed by atoms with van der Waals surface area (Å²) in [6, 6.07) is 12.7. The van der Waals surface area contributed by atoms with E-state index < -0.39 is 0 Å². The van der Waals surface area contributed by atoms with E-state index in [0.29, 0.717) is 22.8 Å². The zero-order chi connectivity index (χ0) is 14.8. The second kappa shape index (κ2) is 5.71. The first-order valence-corrected chi connectivity index (χ1v) is 7.50. The number of nitrogen functional groups attached to an aromatic ring is 1. The van der Waals surface area contributed by atoms with Crippen molar-refractivity contribution < 1.29 is 4.79 Å². The molecule has 1 heterocycles. The summed E-state index contributed by atoms with van der Waals surface area (Å²) in [5, 5.41) is 4.14. The van der Waals surface area contributed by atoms with Crippen molar-refractivity contribution in [1.82, 2.24) is 10.3 Å². The van der Waals surface area contributed by atoms with Crippen LogP contribution in [0.1, 0.15) is 15.4 Å². The lowest BCUT2D eigenvalue weighted by Gasteiger charge is -2.05. The van der Waals surface area contributed by atoms with Gasteiger partial charge in [-0.2, -0.15) is 0 Å².